The van der Waals surface area contributed by atoms with Crippen LogP contribution in [-0.2, 0) is 17.7 Å². The predicted molar refractivity (Wildman–Crippen MR) is 92.6 cm³/mol. The quantitative estimate of drug-likeness (QED) is 0.534. The smallest absolute Gasteiger partial charge is 0.306 e. The van der Waals surface area contributed by atoms with E-state index >= 15 is 0 Å². The lowest BCUT2D eigenvalue weighted by Crippen LogP contribution is -2.35. The fraction of sp³-hybridized carbons (Fsp3) is 0.118. The van der Waals surface area contributed by atoms with E-state index in [1.165, 1.54) is 12.5 Å². The Morgan fingerprint density at radius 2 is 1.40 bits per heavy atom. The Hall–Kier alpha value is -2.60. The van der Waals surface area contributed by atoms with Gasteiger partial charge in [0.25, 0.3) is 5.91 Å². The molecule has 1 aromatic carbocycles. The van der Waals surface area contributed by atoms with Crippen molar-refractivity contribution in [3.05, 3.63) is 84.2 Å². The van der Waals surface area contributed by atoms with Gasteiger partial charge in [0.05, 0.1) is 25.6 Å². The van der Waals surface area contributed by atoms with E-state index in [1.807, 2.05) is 0 Å². The van der Waals surface area contributed by atoms with Crippen LogP contribution in [0.15, 0.2) is 76.0 Å². The van der Waals surface area contributed by atoms with E-state index < -0.39 is 13.5 Å². The highest BCUT2D eigenvalue weighted by atomic mass is 31.2. The van der Waals surface area contributed by atoms with Gasteiger partial charge in [-0.05, 0) is 36.4 Å². The number of carbonyl (C=O) groups is 1. The second-order valence-electron chi connectivity index (χ2n) is 5.24. The van der Waals surface area contributed by atoms with Crippen molar-refractivity contribution in [3.8, 4) is 0 Å². The Balaban J connectivity index is 1.70. The summed E-state index contributed by atoms with van der Waals surface area (Å²) in [5.74, 6) is 0.769. The fourth-order valence-electron chi connectivity index (χ4n) is 2.14. The highest BCUT2D eigenvalue weighted by Gasteiger charge is 2.25. The molecule has 2 heterocycles. The molecule has 0 fully saturated rings. The molecular weight excluding hydrogens is 341 g/mol. The number of amides is 1. The van der Waals surface area contributed by atoms with Gasteiger partial charge >= 0.3 is 7.59 Å². The molecule has 3 rings (SSSR count). The number of rotatable bonds is 8. The van der Waals surface area contributed by atoms with Crippen LogP contribution in [0.25, 0.3) is 0 Å². The molecule has 0 spiro atoms. The van der Waals surface area contributed by atoms with Crippen LogP contribution >= 0.6 is 7.59 Å². The number of carbonyl (C=O) groups excluding carboxylic acids is 1. The summed E-state index contributed by atoms with van der Waals surface area (Å²) in [5.41, 5.74) is 0.419. The lowest BCUT2D eigenvalue weighted by molar-refractivity contribution is 0.0979. The van der Waals surface area contributed by atoms with E-state index in [-0.39, 0.29) is 13.1 Å². The molecular formula is C17H18N3O4P. The zero-order valence-electron chi connectivity index (χ0n) is 13.3. The molecule has 3 N–H and O–H groups in total. The molecule has 1 amide bonds. The van der Waals surface area contributed by atoms with Crippen molar-refractivity contribution in [2.75, 3.05) is 0 Å². The number of benzene rings is 1. The van der Waals surface area contributed by atoms with Gasteiger partial charge < -0.3 is 8.83 Å². The summed E-state index contributed by atoms with van der Waals surface area (Å²) in [7, 11) is -3.44. The first-order chi connectivity index (χ1) is 12.1. The van der Waals surface area contributed by atoms with Gasteiger partial charge in [0, 0.05) is 5.56 Å². The minimum Gasteiger partial charge on any atom is -0.468 e. The van der Waals surface area contributed by atoms with Crippen LogP contribution in [0.1, 0.15) is 21.9 Å². The molecule has 8 heteroatoms. The van der Waals surface area contributed by atoms with E-state index in [2.05, 4.69) is 15.3 Å². The molecule has 0 aliphatic carbocycles. The van der Waals surface area contributed by atoms with Crippen LogP contribution in [0.4, 0.5) is 0 Å². The summed E-state index contributed by atoms with van der Waals surface area (Å²) < 4.78 is 23.6. The van der Waals surface area contributed by atoms with Crippen LogP contribution in [0.2, 0.25) is 0 Å². The lowest BCUT2D eigenvalue weighted by Gasteiger charge is -2.21. The Labute approximate surface area is 144 Å². The molecule has 0 bridgehead atoms. The van der Waals surface area contributed by atoms with Gasteiger partial charge in [0.15, 0.2) is 0 Å². The van der Waals surface area contributed by atoms with Crippen LogP contribution in [0.5, 0.6) is 0 Å². The molecule has 0 radical (unpaired) electrons. The molecule has 2 aromatic heterocycles. The molecule has 0 aliphatic heterocycles. The standard InChI is InChI=1S/C17H18N3O4P/c21-17(14-6-2-1-3-7-14)20-25(22,18-12-15-8-4-10-23-15)19-13-16-9-5-11-24-16/h1-11H,12-13H2,(H3,18,19,20,21,22). The summed E-state index contributed by atoms with van der Waals surface area (Å²) in [5, 5.41) is 8.22. The monoisotopic (exact) mass is 359 g/mol. The first kappa shape index (κ1) is 17.2. The normalized spacial score (nSPS) is 11.4. The van der Waals surface area contributed by atoms with E-state index in [0.717, 1.165) is 0 Å². The van der Waals surface area contributed by atoms with Gasteiger partial charge in [-0.25, -0.2) is 10.2 Å². The molecule has 25 heavy (non-hydrogen) atoms. The summed E-state index contributed by atoms with van der Waals surface area (Å²) in [6, 6.07) is 15.6. The molecule has 0 saturated carbocycles. The van der Waals surface area contributed by atoms with Gasteiger partial charge in [-0.2, -0.15) is 0 Å². The summed E-state index contributed by atoms with van der Waals surface area (Å²) in [6.45, 7) is 0.398. The van der Waals surface area contributed by atoms with Crippen molar-refractivity contribution in [1.82, 2.24) is 15.3 Å². The Kier molecular flexibility index (Phi) is 5.50. The molecule has 0 atom stereocenters. The van der Waals surface area contributed by atoms with E-state index in [9.17, 15) is 9.36 Å². The zero-order chi connectivity index (χ0) is 17.5. The minimum atomic E-state index is -3.44. The van der Waals surface area contributed by atoms with E-state index in [4.69, 9.17) is 8.83 Å². The SMILES string of the molecule is O=C(NP(=O)(NCc1ccco1)NCc1ccco1)c1ccccc1. The molecule has 3 aromatic rings. The third kappa shape index (κ3) is 4.93. The van der Waals surface area contributed by atoms with Crippen LogP contribution in [-0.4, -0.2) is 5.91 Å². The molecule has 0 aliphatic rings. The van der Waals surface area contributed by atoms with Gasteiger partial charge in [0.1, 0.15) is 11.5 Å². The molecule has 130 valence electrons. The minimum absolute atomic E-state index is 0.199. The van der Waals surface area contributed by atoms with Crippen LogP contribution in [0.3, 0.4) is 0 Å². The van der Waals surface area contributed by atoms with Crippen molar-refractivity contribution in [3.63, 3.8) is 0 Å². The van der Waals surface area contributed by atoms with Crippen molar-refractivity contribution in [1.29, 1.82) is 0 Å². The van der Waals surface area contributed by atoms with E-state index in [0.29, 0.717) is 17.1 Å². The fourth-order valence-corrected chi connectivity index (χ4v) is 3.58. The maximum absolute atomic E-state index is 13.1. The lowest BCUT2D eigenvalue weighted by atomic mass is 10.2. The maximum atomic E-state index is 13.1. The zero-order valence-corrected chi connectivity index (χ0v) is 14.2. The Bertz CT molecular complexity index is 790. The summed E-state index contributed by atoms with van der Waals surface area (Å²) in [4.78, 5) is 12.4. The number of furan rings is 2. The highest BCUT2D eigenvalue weighted by Crippen LogP contribution is 2.32. The van der Waals surface area contributed by atoms with Gasteiger partial charge in [-0.3, -0.25) is 14.4 Å². The third-order valence-electron chi connectivity index (χ3n) is 3.41. The molecule has 0 saturated heterocycles. The van der Waals surface area contributed by atoms with Crippen LogP contribution < -0.4 is 15.3 Å². The van der Waals surface area contributed by atoms with Gasteiger partial charge in [-0.15, -0.1) is 0 Å². The average Bonchev–Trinajstić information content (AvgIpc) is 3.33. The van der Waals surface area contributed by atoms with Gasteiger partial charge in [-0.1, -0.05) is 18.2 Å². The maximum Gasteiger partial charge on any atom is 0.306 e. The molecule has 0 unspecified atom stereocenters. The molecule has 7 nitrogen and oxygen atoms in total. The summed E-state index contributed by atoms with van der Waals surface area (Å²) in [6.07, 6.45) is 3.06. The Morgan fingerprint density at radius 3 is 1.88 bits per heavy atom. The van der Waals surface area contributed by atoms with Crippen molar-refractivity contribution >= 4 is 13.5 Å². The predicted octanol–water partition coefficient (Wildman–Crippen LogP) is 3.29. The first-order valence-corrected chi connectivity index (χ1v) is 9.38. The Morgan fingerprint density at radius 1 is 0.840 bits per heavy atom. The van der Waals surface area contributed by atoms with Crippen molar-refractivity contribution < 1.29 is 18.2 Å². The summed E-state index contributed by atoms with van der Waals surface area (Å²) >= 11 is 0. The van der Waals surface area contributed by atoms with Crippen LogP contribution in [0, 0.1) is 0 Å². The third-order valence-corrected chi connectivity index (χ3v) is 5.13. The largest absolute Gasteiger partial charge is 0.468 e. The van der Waals surface area contributed by atoms with E-state index in [1.54, 1.807) is 54.6 Å². The number of hydrogen-bond donors (Lipinski definition) is 3. The van der Waals surface area contributed by atoms with Crippen molar-refractivity contribution in [2.24, 2.45) is 0 Å². The second-order valence-corrected chi connectivity index (χ2v) is 7.32. The van der Waals surface area contributed by atoms with Gasteiger partial charge in [0.2, 0.25) is 0 Å². The average molecular weight is 359 g/mol. The number of hydrogen-bond acceptors (Lipinski definition) is 4. The first-order valence-electron chi connectivity index (χ1n) is 7.67. The topological polar surface area (TPSA) is 96.5 Å². The second kappa shape index (κ2) is 7.98. The number of nitrogens with one attached hydrogen (secondary N) is 3. The highest BCUT2D eigenvalue weighted by molar-refractivity contribution is 7.58. The van der Waals surface area contributed by atoms with Crippen molar-refractivity contribution in [2.45, 2.75) is 13.1 Å².